The van der Waals surface area contributed by atoms with Crippen LogP contribution >= 0.6 is 0 Å². The topological polar surface area (TPSA) is 0 Å². The molecule has 0 amide bonds. The molecule has 0 spiro atoms. The Kier molecular flexibility index (Phi) is 8.38. The van der Waals surface area contributed by atoms with Crippen molar-refractivity contribution in [3.63, 3.8) is 0 Å². The lowest BCUT2D eigenvalue weighted by molar-refractivity contribution is 1.45. The summed E-state index contributed by atoms with van der Waals surface area (Å²) in [7, 11) is 0. The molecule has 0 atom stereocenters. The molecule has 0 heteroatoms. The monoisotopic (exact) mass is 712 g/mol. The van der Waals surface area contributed by atoms with E-state index in [0.717, 1.165) is 0 Å². The van der Waals surface area contributed by atoms with Gasteiger partial charge in [0.1, 0.15) is 0 Å². The number of hydrogen-bond acceptors (Lipinski definition) is 0. The first-order valence-corrected chi connectivity index (χ1v) is 19.5. The number of fused-ring (bicyclic) bond motifs is 6. The first-order valence-electron chi connectivity index (χ1n) is 19.5. The summed E-state index contributed by atoms with van der Waals surface area (Å²) in [6, 6.07) is 75.9. The second-order valence-corrected chi connectivity index (χ2v) is 15.0. The quantitative estimate of drug-likeness (QED) is 0.151. The van der Waals surface area contributed by atoms with Gasteiger partial charge in [0.05, 0.1) is 0 Å². The summed E-state index contributed by atoms with van der Waals surface area (Å²) in [5, 5.41) is 7.69. The zero-order valence-electron chi connectivity index (χ0n) is 31.6. The summed E-state index contributed by atoms with van der Waals surface area (Å²) in [4.78, 5) is 0. The second kappa shape index (κ2) is 14.0. The van der Waals surface area contributed by atoms with Gasteiger partial charge in [-0.25, -0.2) is 0 Å². The number of aryl methyl sites for hydroxylation is 2. The fraction of sp³-hybridized carbons (Fsp3) is 0.0357. The van der Waals surface area contributed by atoms with Crippen LogP contribution in [0.4, 0.5) is 0 Å². The average Bonchev–Trinajstić information content (AvgIpc) is 3.27. The minimum absolute atomic E-state index is 1.21. The van der Waals surface area contributed by atoms with Crippen molar-refractivity contribution in [2.75, 3.05) is 0 Å². The van der Waals surface area contributed by atoms with E-state index in [-0.39, 0.29) is 0 Å². The molecule has 0 aliphatic carbocycles. The van der Waals surface area contributed by atoms with Gasteiger partial charge in [-0.15, -0.1) is 0 Å². The van der Waals surface area contributed by atoms with Crippen LogP contribution in [0.3, 0.4) is 0 Å². The maximum Gasteiger partial charge on any atom is -0.00926 e. The van der Waals surface area contributed by atoms with Gasteiger partial charge in [-0.1, -0.05) is 182 Å². The van der Waals surface area contributed by atoms with Crippen LogP contribution in [0, 0.1) is 13.8 Å². The summed E-state index contributed by atoms with van der Waals surface area (Å²) in [6.07, 6.45) is 0. The molecule has 56 heavy (non-hydrogen) atoms. The van der Waals surface area contributed by atoms with E-state index < -0.39 is 0 Å². The van der Waals surface area contributed by atoms with Gasteiger partial charge in [-0.2, -0.15) is 0 Å². The van der Waals surface area contributed by atoms with E-state index in [1.807, 2.05) is 0 Å². The number of benzene rings is 10. The second-order valence-electron chi connectivity index (χ2n) is 15.0. The molecule has 0 aliphatic rings. The molecule has 0 nitrogen and oxygen atoms in total. The minimum atomic E-state index is 1.21. The van der Waals surface area contributed by atoms with E-state index in [2.05, 4.69) is 220 Å². The SMILES string of the molecule is Cc1ccc(-c2ccccc2)cc1-c1ccc(-c2ccc3c4ccccc4c4ccc(-c5ccc(-c6cc(-c7ccccc7)ccc6C)cc5)cc4c3c2)cc1. The Morgan fingerprint density at radius 1 is 0.196 bits per heavy atom. The van der Waals surface area contributed by atoms with E-state index >= 15 is 0 Å². The molecule has 0 N–H and O–H groups in total. The number of rotatable bonds is 6. The van der Waals surface area contributed by atoms with Crippen LogP contribution in [0.1, 0.15) is 11.1 Å². The zero-order valence-corrected chi connectivity index (χ0v) is 31.6. The van der Waals surface area contributed by atoms with Crippen LogP contribution in [0.15, 0.2) is 206 Å². The van der Waals surface area contributed by atoms with E-state index in [1.165, 1.54) is 110 Å². The molecule has 0 unspecified atom stereocenters. The largest absolute Gasteiger partial charge is 0.0622 e. The highest BCUT2D eigenvalue weighted by atomic mass is 14.2. The fourth-order valence-corrected chi connectivity index (χ4v) is 8.49. The van der Waals surface area contributed by atoms with Crippen molar-refractivity contribution in [1.82, 2.24) is 0 Å². The molecule has 0 aromatic heterocycles. The zero-order chi connectivity index (χ0) is 37.6. The summed E-state index contributed by atoms with van der Waals surface area (Å²) in [5.41, 5.74) is 17.4. The molecule has 0 radical (unpaired) electrons. The van der Waals surface area contributed by atoms with Crippen molar-refractivity contribution in [2.24, 2.45) is 0 Å². The summed E-state index contributed by atoms with van der Waals surface area (Å²) >= 11 is 0. The molecule has 0 aliphatic heterocycles. The average molecular weight is 713 g/mol. The molecule has 10 aromatic rings. The van der Waals surface area contributed by atoms with Crippen molar-refractivity contribution >= 4 is 32.3 Å². The Hall–Kier alpha value is -7.02. The Balaban J connectivity index is 1.03. The third-order valence-electron chi connectivity index (χ3n) is 11.6. The standard InChI is InChI=1S/C56H40/c1-37-17-19-45(39-11-5-3-6-12-39)33-53(37)43-25-21-41(22-26-43)47-29-31-51-49-15-9-10-16-50(49)52-32-30-48(36-56(52)55(51)35-47)42-23-27-44(28-24-42)54-34-46(20-18-38(54)2)40-13-7-4-8-14-40/h3-36H,1-2H3. The van der Waals surface area contributed by atoms with Gasteiger partial charge in [0, 0.05) is 0 Å². The molecule has 0 fully saturated rings. The predicted octanol–water partition coefficient (Wildman–Crippen LogP) is 15.8. The normalized spacial score (nSPS) is 11.4. The van der Waals surface area contributed by atoms with E-state index in [4.69, 9.17) is 0 Å². The Labute approximate surface area is 329 Å². The Bertz CT molecular complexity index is 2830. The van der Waals surface area contributed by atoms with Crippen LogP contribution in [0.2, 0.25) is 0 Å². The van der Waals surface area contributed by atoms with Gasteiger partial charge in [0.15, 0.2) is 0 Å². The van der Waals surface area contributed by atoms with Crippen LogP contribution in [0.5, 0.6) is 0 Å². The summed E-state index contributed by atoms with van der Waals surface area (Å²) in [5.74, 6) is 0. The maximum absolute atomic E-state index is 2.40. The van der Waals surface area contributed by atoms with Crippen LogP contribution in [0.25, 0.3) is 99.1 Å². The van der Waals surface area contributed by atoms with Gasteiger partial charge in [0.25, 0.3) is 0 Å². The molecule has 10 rings (SSSR count). The van der Waals surface area contributed by atoms with Crippen molar-refractivity contribution in [2.45, 2.75) is 13.8 Å². The highest BCUT2D eigenvalue weighted by Crippen LogP contribution is 2.40. The third kappa shape index (κ3) is 6.06. The van der Waals surface area contributed by atoms with Crippen LogP contribution < -0.4 is 0 Å². The van der Waals surface area contributed by atoms with Gasteiger partial charge >= 0.3 is 0 Å². The first kappa shape index (κ1) is 33.5. The molecule has 0 heterocycles. The van der Waals surface area contributed by atoms with Gasteiger partial charge < -0.3 is 0 Å². The van der Waals surface area contributed by atoms with Crippen molar-refractivity contribution < 1.29 is 0 Å². The van der Waals surface area contributed by atoms with E-state index in [0.29, 0.717) is 0 Å². The first-order chi connectivity index (χ1) is 27.6. The number of hydrogen-bond donors (Lipinski definition) is 0. The lowest BCUT2D eigenvalue weighted by Gasteiger charge is -2.14. The summed E-state index contributed by atoms with van der Waals surface area (Å²) in [6.45, 7) is 4.40. The highest BCUT2D eigenvalue weighted by Gasteiger charge is 2.13. The van der Waals surface area contributed by atoms with Gasteiger partial charge in [-0.3, -0.25) is 0 Å². The molecule has 0 saturated carbocycles. The maximum atomic E-state index is 2.40. The minimum Gasteiger partial charge on any atom is -0.0622 e. The van der Waals surface area contributed by atoms with Crippen LogP contribution in [-0.2, 0) is 0 Å². The van der Waals surface area contributed by atoms with Crippen molar-refractivity contribution in [1.29, 1.82) is 0 Å². The van der Waals surface area contributed by atoms with Gasteiger partial charge in [-0.05, 0) is 148 Å². The predicted molar refractivity (Wildman–Crippen MR) is 241 cm³/mol. The van der Waals surface area contributed by atoms with E-state index in [9.17, 15) is 0 Å². The summed E-state index contributed by atoms with van der Waals surface area (Å²) < 4.78 is 0. The van der Waals surface area contributed by atoms with Gasteiger partial charge in [0.2, 0.25) is 0 Å². The lowest BCUT2D eigenvalue weighted by atomic mass is 9.89. The lowest BCUT2D eigenvalue weighted by Crippen LogP contribution is -1.88. The Morgan fingerprint density at radius 2 is 0.482 bits per heavy atom. The Morgan fingerprint density at radius 3 is 0.893 bits per heavy atom. The fourth-order valence-electron chi connectivity index (χ4n) is 8.49. The molecule has 264 valence electrons. The van der Waals surface area contributed by atoms with Crippen molar-refractivity contribution in [3.8, 4) is 66.8 Å². The van der Waals surface area contributed by atoms with Crippen LogP contribution in [-0.4, -0.2) is 0 Å². The highest BCUT2D eigenvalue weighted by molar-refractivity contribution is 6.26. The van der Waals surface area contributed by atoms with Crippen molar-refractivity contribution in [3.05, 3.63) is 217 Å². The van der Waals surface area contributed by atoms with E-state index in [1.54, 1.807) is 0 Å². The molecular weight excluding hydrogens is 673 g/mol. The molecule has 0 bridgehead atoms. The molecular formula is C56H40. The molecule has 10 aromatic carbocycles. The smallest absolute Gasteiger partial charge is 0.00926 e. The third-order valence-corrected chi connectivity index (χ3v) is 11.6. The molecule has 0 saturated heterocycles.